The lowest BCUT2D eigenvalue weighted by Crippen LogP contribution is -2.38. The summed E-state index contributed by atoms with van der Waals surface area (Å²) in [6.45, 7) is 6.15. The summed E-state index contributed by atoms with van der Waals surface area (Å²) in [5.74, 6) is 0.402. The Hall–Kier alpha value is -0.130. The van der Waals surface area contributed by atoms with Crippen LogP contribution < -0.4 is 5.32 Å². The third-order valence-electron chi connectivity index (χ3n) is 2.10. The summed E-state index contributed by atoms with van der Waals surface area (Å²) in [6.07, 6.45) is 0.113. The first-order valence-electron chi connectivity index (χ1n) is 4.88. The molecule has 2 atom stereocenters. The maximum atomic E-state index is 11.3. The van der Waals surface area contributed by atoms with Gasteiger partial charge in [0.2, 0.25) is 0 Å². The minimum Gasteiger partial charge on any atom is -0.380 e. The van der Waals surface area contributed by atoms with Crippen molar-refractivity contribution < 1.29 is 13.2 Å². The van der Waals surface area contributed by atoms with Gasteiger partial charge in [-0.05, 0) is 13.8 Å². The summed E-state index contributed by atoms with van der Waals surface area (Å²) < 4.78 is 27.6. The van der Waals surface area contributed by atoms with E-state index in [2.05, 4.69) is 5.32 Å². The first kappa shape index (κ1) is 13.9. The number of ether oxygens (including phenoxy) is 1. The molecule has 2 unspecified atom stereocenters. The van der Waals surface area contributed by atoms with E-state index in [-0.39, 0.29) is 23.7 Å². The molecule has 0 rings (SSSR count). The number of rotatable bonds is 7. The van der Waals surface area contributed by atoms with Crippen molar-refractivity contribution in [2.75, 3.05) is 25.2 Å². The van der Waals surface area contributed by atoms with E-state index >= 15 is 0 Å². The van der Waals surface area contributed by atoms with Crippen LogP contribution in [-0.4, -0.2) is 45.7 Å². The molecule has 0 heterocycles. The van der Waals surface area contributed by atoms with Crippen molar-refractivity contribution in [3.05, 3.63) is 0 Å². The van der Waals surface area contributed by atoms with Crippen LogP contribution in [0.3, 0.4) is 0 Å². The van der Waals surface area contributed by atoms with Gasteiger partial charge in [-0.2, -0.15) is 0 Å². The van der Waals surface area contributed by atoms with Crippen molar-refractivity contribution in [1.29, 1.82) is 0 Å². The van der Waals surface area contributed by atoms with Crippen molar-refractivity contribution in [3.63, 3.8) is 0 Å². The quantitative estimate of drug-likeness (QED) is 0.680. The van der Waals surface area contributed by atoms with Crippen molar-refractivity contribution in [2.24, 2.45) is 0 Å². The zero-order valence-electron chi connectivity index (χ0n) is 9.41. The van der Waals surface area contributed by atoms with Gasteiger partial charge in [0.1, 0.15) is 0 Å². The van der Waals surface area contributed by atoms with E-state index in [0.29, 0.717) is 6.54 Å². The molecule has 0 aliphatic heterocycles. The molecule has 0 spiro atoms. The Balaban J connectivity index is 3.82. The van der Waals surface area contributed by atoms with Crippen LogP contribution in [-0.2, 0) is 14.6 Å². The second-order valence-corrected chi connectivity index (χ2v) is 5.95. The Morgan fingerprint density at radius 1 is 1.36 bits per heavy atom. The standard InChI is InChI=1S/C9H21NO3S/c1-5-14(11,12)7-8(2)10-6-9(3)13-4/h8-10H,5-7H2,1-4H3. The Kier molecular flexibility index (Phi) is 6.31. The summed E-state index contributed by atoms with van der Waals surface area (Å²) in [6, 6.07) is -0.0162. The van der Waals surface area contributed by atoms with Crippen molar-refractivity contribution in [3.8, 4) is 0 Å². The highest BCUT2D eigenvalue weighted by atomic mass is 32.2. The Bertz CT molecular complexity index is 238. The van der Waals surface area contributed by atoms with Gasteiger partial charge in [0.05, 0.1) is 11.9 Å². The Morgan fingerprint density at radius 3 is 2.36 bits per heavy atom. The summed E-state index contributed by atoms with van der Waals surface area (Å²) in [5, 5.41) is 3.12. The first-order valence-corrected chi connectivity index (χ1v) is 6.70. The molecule has 0 aliphatic rings. The second-order valence-electron chi connectivity index (χ2n) is 3.55. The van der Waals surface area contributed by atoms with Crippen molar-refractivity contribution in [1.82, 2.24) is 5.32 Å². The molecule has 0 saturated heterocycles. The number of hydrogen-bond donors (Lipinski definition) is 1. The van der Waals surface area contributed by atoms with Gasteiger partial charge in [-0.15, -0.1) is 0 Å². The van der Waals surface area contributed by atoms with Gasteiger partial charge in [-0.25, -0.2) is 8.42 Å². The lowest BCUT2D eigenvalue weighted by molar-refractivity contribution is 0.115. The maximum Gasteiger partial charge on any atom is 0.151 e. The van der Waals surface area contributed by atoms with Crippen LogP contribution in [0.4, 0.5) is 0 Å². The monoisotopic (exact) mass is 223 g/mol. The largest absolute Gasteiger partial charge is 0.380 e. The Morgan fingerprint density at radius 2 is 1.93 bits per heavy atom. The molecule has 1 N–H and O–H groups in total. The molecule has 0 aliphatic carbocycles. The van der Waals surface area contributed by atoms with Crippen LogP contribution in [0.15, 0.2) is 0 Å². The average molecular weight is 223 g/mol. The summed E-state index contributed by atoms with van der Waals surface area (Å²) >= 11 is 0. The second kappa shape index (κ2) is 6.37. The molecule has 0 aromatic carbocycles. The van der Waals surface area contributed by atoms with E-state index in [1.165, 1.54) is 0 Å². The summed E-state index contributed by atoms with van der Waals surface area (Å²) in [4.78, 5) is 0. The van der Waals surface area contributed by atoms with Crippen LogP contribution >= 0.6 is 0 Å². The first-order chi connectivity index (χ1) is 6.41. The van der Waals surface area contributed by atoms with Gasteiger partial charge in [-0.1, -0.05) is 6.92 Å². The zero-order chi connectivity index (χ0) is 11.2. The molecule has 0 aromatic heterocycles. The van der Waals surface area contributed by atoms with Crippen molar-refractivity contribution >= 4 is 9.84 Å². The molecule has 0 fully saturated rings. The number of methoxy groups -OCH3 is 1. The maximum absolute atomic E-state index is 11.3. The molecule has 0 aromatic rings. The molecule has 4 nitrogen and oxygen atoms in total. The van der Waals surface area contributed by atoms with Crippen LogP contribution in [0, 0.1) is 0 Å². The zero-order valence-corrected chi connectivity index (χ0v) is 10.2. The van der Waals surface area contributed by atoms with E-state index in [9.17, 15) is 8.42 Å². The molecular weight excluding hydrogens is 202 g/mol. The van der Waals surface area contributed by atoms with Crippen LogP contribution in [0.25, 0.3) is 0 Å². The van der Waals surface area contributed by atoms with Gasteiger partial charge in [0, 0.05) is 25.4 Å². The fourth-order valence-corrected chi connectivity index (χ4v) is 2.12. The lowest BCUT2D eigenvalue weighted by atomic mass is 10.3. The number of hydrogen-bond acceptors (Lipinski definition) is 4. The lowest BCUT2D eigenvalue weighted by Gasteiger charge is -2.16. The average Bonchev–Trinajstić information content (AvgIpc) is 2.13. The predicted molar refractivity (Wildman–Crippen MR) is 58.3 cm³/mol. The number of sulfone groups is 1. The van der Waals surface area contributed by atoms with Crippen LogP contribution in [0.5, 0.6) is 0 Å². The van der Waals surface area contributed by atoms with Crippen LogP contribution in [0.2, 0.25) is 0 Å². The van der Waals surface area contributed by atoms with Gasteiger partial charge < -0.3 is 10.1 Å². The van der Waals surface area contributed by atoms with Gasteiger partial charge >= 0.3 is 0 Å². The fraction of sp³-hybridized carbons (Fsp3) is 1.00. The summed E-state index contributed by atoms with van der Waals surface area (Å²) in [7, 11) is -1.24. The molecule has 0 radical (unpaired) electrons. The van der Waals surface area contributed by atoms with E-state index in [4.69, 9.17) is 4.74 Å². The van der Waals surface area contributed by atoms with Crippen LogP contribution in [0.1, 0.15) is 20.8 Å². The smallest absolute Gasteiger partial charge is 0.151 e. The highest BCUT2D eigenvalue weighted by Gasteiger charge is 2.13. The van der Waals surface area contributed by atoms with E-state index < -0.39 is 9.84 Å². The minimum absolute atomic E-state index is 0.0162. The molecule has 0 amide bonds. The molecule has 5 heteroatoms. The topological polar surface area (TPSA) is 55.4 Å². The predicted octanol–water partition coefficient (Wildman–Crippen LogP) is 0.434. The fourth-order valence-electron chi connectivity index (χ4n) is 1.01. The minimum atomic E-state index is -2.88. The third-order valence-corrected chi connectivity index (χ3v) is 3.99. The third kappa shape index (κ3) is 6.34. The van der Waals surface area contributed by atoms with Gasteiger partial charge in [0.25, 0.3) is 0 Å². The summed E-state index contributed by atoms with van der Waals surface area (Å²) in [5.41, 5.74) is 0. The molecule has 0 bridgehead atoms. The van der Waals surface area contributed by atoms with Crippen molar-refractivity contribution in [2.45, 2.75) is 32.9 Å². The molecule has 86 valence electrons. The molecule has 0 saturated carbocycles. The van der Waals surface area contributed by atoms with Gasteiger partial charge in [0.15, 0.2) is 9.84 Å². The van der Waals surface area contributed by atoms with E-state index in [0.717, 1.165) is 0 Å². The van der Waals surface area contributed by atoms with E-state index in [1.807, 2.05) is 13.8 Å². The normalized spacial score (nSPS) is 16.6. The Labute approximate surface area is 86.9 Å². The SMILES string of the molecule is CCS(=O)(=O)CC(C)NCC(C)OC. The molecular formula is C9H21NO3S. The van der Waals surface area contributed by atoms with Gasteiger partial charge in [-0.3, -0.25) is 0 Å². The molecule has 14 heavy (non-hydrogen) atoms. The highest BCUT2D eigenvalue weighted by Crippen LogP contribution is 1.95. The highest BCUT2D eigenvalue weighted by molar-refractivity contribution is 7.91. The number of nitrogens with one attached hydrogen (secondary N) is 1. The van der Waals surface area contributed by atoms with E-state index in [1.54, 1.807) is 14.0 Å².